The summed E-state index contributed by atoms with van der Waals surface area (Å²) in [5.41, 5.74) is 4.87. The Morgan fingerprint density at radius 2 is 1.76 bits per heavy atom. The van der Waals surface area contributed by atoms with E-state index >= 15 is 0 Å². The maximum atomic E-state index is 12.6. The monoisotopic (exact) mass is 411 g/mol. The van der Waals surface area contributed by atoms with Crippen LogP contribution in [-0.2, 0) is 10.0 Å². The smallest absolute Gasteiger partial charge is 0.215 e. The highest BCUT2D eigenvalue weighted by atomic mass is 32.2. The molecule has 0 aliphatic carbocycles. The van der Waals surface area contributed by atoms with Crippen molar-refractivity contribution in [2.24, 2.45) is 0 Å². The molecule has 0 saturated carbocycles. The molecule has 3 aromatic rings. The minimum absolute atomic E-state index is 0.193. The zero-order chi connectivity index (χ0) is 20.4. The van der Waals surface area contributed by atoms with Crippen LogP contribution in [0.4, 0.5) is 0 Å². The molecule has 29 heavy (non-hydrogen) atoms. The number of benzene rings is 2. The number of H-pyrrole nitrogens is 1. The van der Waals surface area contributed by atoms with Crippen LogP contribution in [0.2, 0.25) is 0 Å². The van der Waals surface area contributed by atoms with Crippen LogP contribution in [-0.4, -0.2) is 62.1 Å². The molecular weight excluding hydrogens is 382 g/mol. The Kier molecular flexibility index (Phi) is 5.76. The van der Waals surface area contributed by atoms with Gasteiger partial charge in [0.2, 0.25) is 10.0 Å². The zero-order valence-corrected chi connectivity index (χ0v) is 18.0. The molecule has 1 N–H and O–H groups in total. The third-order valence-electron chi connectivity index (χ3n) is 5.90. The number of sulfonamides is 1. The average molecular weight is 412 g/mol. The predicted molar refractivity (Wildman–Crippen MR) is 120 cm³/mol. The highest BCUT2D eigenvalue weighted by molar-refractivity contribution is 7.89. The van der Waals surface area contributed by atoms with Crippen molar-refractivity contribution in [2.75, 3.05) is 39.5 Å². The van der Waals surface area contributed by atoms with Gasteiger partial charge in [0, 0.05) is 36.7 Å². The van der Waals surface area contributed by atoms with Gasteiger partial charge in [0.1, 0.15) is 0 Å². The zero-order valence-electron chi connectivity index (χ0n) is 17.1. The van der Waals surface area contributed by atoms with Gasteiger partial charge in [-0.2, -0.15) is 0 Å². The summed E-state index contributed by atoms with van der Waals surface area (Å²) in [6.07, 6.45) is 3.84. The van der Waals surface area contributed by atoms with Crippen molar-refractivity contribution in [3.63, 3.8) is 0 Å². The van der Waals surface area contributed by atoms with Gasteiger partial charge in [-0.3, -0.25) is 0 Å². The second-order valence-corrected chi connectivity index (χ2v) is 10.3. The van der Waals surface area contributed by atoms with Gasteiger partial charge in [0.15, 0.2) is 0 Å². The lowest BCUT2D eigenvalue weighted by Crippen LogP contribution is -2.41. The quantitative estimate of drug-likeness (QED) is 0.669. The number of nitrogens with zero attached hydrogens (tertiary/aromatic N) is 2. The third-order valence-corrected chi connectivity index (χ3v) is 7.75. The molecule has 6 heteroatoms. The van der Waals surface area contributed by atoms with E-state index in [-0.39, 0.29) is 5.75 Å². The summed E-state index contributed by atoms with van der Waals surface area (Å²) in [5, 5.41) is 1.25. The van der Waals surface area contributed by atoms with E-state index in [2.05, 4.69) is 53.6 Å². The number of nitrogens with one attached hydrogen (secondary N) is 1. The molecule has 1 aromatic heterocycles. The van der Waals surface area contributed by atoms with E-state index in [4.69, 9.17) is 0 Å². The Morgan fingerprint density at radius 3 is 2.45 bits per heavy atom. The molecule has 2 aromatic carbocycles. The summed E-state index contributed by atoms with van der Waals surface area (Å²) >= 11 is 0. The fraction of sp³-hybridized carbons (Fsp3) is 0.391. The average Bonchev–Trinajstić information content (AvgIpc) is 3.16. The van der Waals surface area contributed by atoms with Gasteiger partial charge in [-0.25, -0.2) is 12.7 Å². The van der Waals surface area contributed by atoms with E-state index < -0.39 is 10.0 Å². The molecule has 1 fully saturated rings. The Bertz CT molecular complexity index is 1070. The molecular formula is C23H29N3O2S. The maximum Gasteiger partial charge on any atom is 0.215 e. The van der Waals surface area contributed by atoms with Crippen molar-refractivity contribution in [3.05, 3.63) is 60.3 Å². The molecule has 0 unspecified atom stereocenters. The molecule has 0 amide bonds. The molecule has 1 saturated heterocycles. The number of fused-ring (bicyclic) bond motifs is 1. The molecule has 5 nitrogen and oxygen atoms in total. The summed E-state index contributed by atoms with van der Waals surface area (Å²) in [6.45, 7) is 1.77. The lowest BCUT2D eigenvalue weighted by atomic mass is 9.89. The number of piperidine rings is 1. The Labute approximate surface area is 173 Å². The van der Waals surface area contributed by atoms with Gasteiger partial charge >= 0.3 is 0 Å². The minimum atomic E-state index is -3.17. The first-order valence-corrected chi connectivity index (χ1v) is 11.8. The van der Waals surface area contributed by atoms with E-state index in [1.165, 1.54) is 22.1 Å². The van der Waals surface area contributed by atoms with Crippen LogP contribution in [0.25, 0.3) is 22.0 Å². The van der Waals surface area contributed by atoms with Gasteiger partial charge in [0.05, 0.1) is 5.75 Å². The Balaban J connectivity index is 1.51. The first-order chi connectivity index (χ1) is 13.9. The Hall–Kier alpha value is -2.15. The fourth-order valence-corrected chi connectivity index (χ4v) is 5.78. The van der Waals surface area contributed by atoms with Crippen LogP contribution in [0.15, 0.2) is 54.7 Å². The summed E-state index contributed by atoms with van der Waals surface area (Å²) in [5.74, 6) is 0.577. The first kappa shape index (κ1) is 20.1. The number of aromatic nitrogens is 1. The van der Waals surface area contributed by atoms with Crippen molar-refractivity contribution in [1.82, 2.24) is 14.2 Å². The fourth-order valence-electron chi connectivity index (χ4n) is 4.16. The van der Waals surface area contributed by atoms with E-state index in [0.717, 1.165) is 18.4 Å². The molecule has 0 spiro atoms. The maximum absolute atomic E-state index is 12.6. The third kappa shape index (κ3) is 4.39. The first-order valence-electron chi connectivity index (χ1n) is 10.2. The molecule has 154 valence electrons. The van der Waals surface area contributed by atoms with Gasteiger partial charge < -0.3 is 9.88 Å². The van der Waals surface area contributed by atoms with Crippen molar-refractivity contribution in [3.8, 4) is 11.1 Å². The summed E-state index contributed by atoms with van der Waals surface area (Å²) in [6, 6.07) is 17.0. The summed E-state index contributed by atoms with van der Waals surface area (Å²) in [7, 11) is 0.638. The van der Waals surface area contributed by atoms with Crippen molar-refractivity contribution >= 4 is 20.9 Å². The SMILES string of the molecule is CN(C)CCS(=O)(=O)N1CCC(c2c[nH]c3ccc(-c4ccccc4)cc23)CC1. The van der Waals surface area contributed by atoms with Gasteiger partial charge in [-0.15, -0.1) is 0 Å². The number of hydrogen-bond acceptors (Lipinski definition) is 3. The largest absolute Gasteiger partial charge is 0.361 e. The van der Waals surface area contributed by atoms with Crippen LogP contribution < -0.4 is 0 Å². The van der Waals surface area contributed by atoms with Crippen LogP contribution in [0.3, 0.4) is 0 Å². The molecule has 0 bridgehead atoms. The Morgan fingerprint density at radius 1 is 1.03 bits per heavy atom. The van der Waals surface area contributed by atoms with Crippen molar-refractivity contribution in [1.29, 1.82) is 0 Å². The lowest BCUT2D eigenvalue weighted by Gasteiger charge is -2.31. The standard InChI is InChI=1S/C23H29N3O2S/c1-25(2)14-15-29(27,28)26-12-10-19(11-13-26)22-17-24-23-9-8-20(16-21(22)23)18-6-4-3-5-7-18/h3-9,16-17,19,24H,10-15H2,1-2H3. The van der Waals surface area contributed by atoms with Crippen LogP contribution in [0.1, 0.15) is 24.3 Å². The van der Waals surface area contributed by atoms with Gasteiger partial charge in [0.25, 0.3) is 0 Å². The topological polar surface area (TPSA) is 56.4 Å². The highest BCUT2D eigenvalue weighted by Crippen LogP contribution is 2.35. The molecule has 0 atom stereocenters. The molecule has 4 rings (SSSR count). The molecule has 2 heterocycles. The molecule has 1 aliphatic heterocycles. The van der Waals surface area contributed by atoms with E-state index in [1.807, 2.05) is 25.1 Å². The second kappa shape index (κ2) is 8.30. The lowest BCUT2D eigenvalue weighted by molar-refractivity contribution is 0.317. The normalized spacial score (nSPS) is 16.7. The second-order valence-electron chi connectivity index (χ2n) is 8.16. The van der Waals surface area contributed by atoms with E-state index in [0.29, 0.717) is 25.6 Å². The van der Waals surface area contributed by atoms with Crippen LogP contribution >= 0.6 is 0 Å². The molecule has 0 radical (unpaired) electrons. The summed E-state index contributed by atoms with van der Waals surface area (Å²) in [4.78, 5) is 5.32. The number of rotatable bonds is 6. The van der Waals surface area contributed by atoms with Crippen LogP contribution in [0, 0.1) is 0 Å². The molecule has 1 aliphatic rings. The van der Waals surface area contributed by atoms with Crippen molar-refractivity contribution < 1.29 is 8.42 Å². The van der Waals surface area contributed by atoms with Gasteiger partial charge in [-0.05, 0) is 61.7 Å². The summed E-state index contributed by atoms with van der Waals surface area (Å²) < 4.78 is 26.9. The predicted octanol–water partition coefficient (Wildman–Crippen LogP) is 3.91. The van der Waals surface area contributed by atoms with Crippen molar-refractivity contribution in [2.45, 2.75) is 18.8 Å². The van der Waals surface area contributed by atoms with E-state index in [1.54, 1.807) is 4.31 Å². The van der Waals surface area contributed by atoms with Crippen LogP contribution in [0.5, 0.6) is 0 Å². The number of hydrogen-bond donors (Lipinski definition) is 1. The highest BCUT2D eigenvalue weighted by Gasteiger charge is 2.29. The number of aromatic amines is 1. The minimum Gasteiger partial charge on any atom is -0.361 e. The van der Waals surface area contributed by atoms with Gasteiger partial charge in [-0.1, -0.05) is 36.4 Å². The van der Waals surface area contributed by atoms with E-state index in [9.17, 15) is 8.42 Å².